The smallest absolute Gasteiger partial charge is 0.248 e. The number of halogens is 4. The Hall–Kier alpha value is -1.30. The predicted octanol–water partition coefficient (Wildman–Crippen LogP) is 3.37. The number of alkyl halides is 2. The van der Waals surface area contributed by atoms with Gasteiger partial charge in [0.1, 0.15) is 0 Å². The zero-order valence-electron chi connectivity index (χ0n) is 10.4. The number of ether oxygens (including phenoxy) is 1. The minimum atomic E-state index is -2.82. The van der Waals surface area contributed by atoms with Gasteiger partial charge in [-0.3, -0.25) is 0 Å². The Labute approximate surface area is 108 Å². The highest BCUT2D eigenvalue weighted by atomic mass is 19.3. The van der Waals surface area contributed by atoms with Gasteiger partial charge in [0.25, 0.3) is 0 Å². The van der Waals surface area contributed by atoms with E-state index in [0.29, 0.717) is 0 Å². The molecule has 1 saturated carbocycles. The van der Waals surface area contributed by atoms with Gasteiger partial charge in [0.15, 0.2) is 17.4 Å². The second kappa shape index (κ2) is 4.67. The maximum Gasteiger partial charge on any atom is 0.248 e. The molecule has 0 atom stereocenters. The van der Waals surface area contributed by atoms with E-state index in [-0.39, 0.29) is 18.4 Å². The van der Waals surface area contributed by atoms with E-state index in [1.807, 2.05) is 0 Å². The van der Waals surface area contributed by atoms with Crippen molar-refractivity contribution in [2.24, 2.45) is 0 Å². The van der Waals surface area contributed by atoms with Gasteiger partial charge in [0.2, 0.25) is 5.92 Å². The van der Waals surface area contributed by atoms with E-state index in [1.54, 1.807) is 0 Å². The van der Waals surface area contributed by atoms with Crippen molar-refractivity contribution in [3.05, 3.63) is 29.3 Å². The maximum atomic E-state index is 13.6. The standard InChI is InChI=1S/C13H14F4O2/c1-19-11-9(14)6-8(7-10(11)15)12(18)2-4-13(16,17)5-3-12/h6-7,18H,2-5H2,1H3. The fourth-order valence-electron chi connectivity index (χ4n) is 2.34. The third kappa shape index (κ3) is 2.68. The number of methoxy groups -OCH3 is 1. The lowest BCUT2D eigenvalue weighted by Crippen LogP contribution is -2.36. The molecule has 1 aliphatic rings. The molecule has 19 heavy (non-hydrogen) atoms. The van der Waals surface area contributed by atoms with Crippen molar-refractivity contribution in [1.29, 1.82) is 0 Å². The van der Waals surface area contributed by atoms with Gasteiger partial charge in [-0.1, -0.05) is 0 Å². The first kappa shape index (κ1) is 14.1. The van der Waals surface area contributed by atoms with Crippen molar-refractivity contribution in [2.45, 2.75) is 37.2 Å². The molecular weight excluding hydrogens is 264 g/mol. The summed E-state index contributed by atoms with van der Waals surface area (Å²) in [7, 11) is 1.12. The molecule has 0 saturated heterocycles. The summed E-state index contributed by atoms with van der Waals surface area (Å²) in [6.45, 7) is 0. The lowest BCUT2D eigenvalue weighted by molar-refractivity contribution is -0.107. The zero-order chi connectivity index (χ0) is 14.3. The molecule has 1 aromatic carbocycles. The van der Waals surface area contributed by atoms with Crippen molar-refractivity contribution in [3.63, 3.8) is 0 Å². The Morgan fingerprint density at radius 3 is 1.95 bits per heavy atom. The first-order valence-electron chi connectivity index (χ1n) is 5.91. The zero-order valence-corrected chi connectivity index (χ0v) is 10.4. The fraction of sp³-hybridized carbons (Fsp3) is 0.538. The van der Waals surface area contributed by atoms with Crippen LogP contribution in [0, 0.1) is 11.6 Å². The van der Waals surface area contributed by atoms with Crippen LogP contribution >= 0.6 is 0 Å². The van der Waals surface area contributed by atoms with E-state index in [2.05, 4.69) is 4.74 Å². The predicted molar refractivity (Wildman–Crippen MR) is 60.2 cm³/mol. The molecule has 0 heterocycles. The molecule has 1 aromatic rings. The SMILES string of the molecule is COc1c(F)cc(C2(O)CCC(F)(F)CC2)cc1F. The highest BCUT2D eigenvalue weighted by molar-refractivity contribution is 5.34. The van der Waals surface area contributed by atoms with Crippen LogP contribution in [0.2, 0.25) is 0 Å². The van der Waals surface area contributed by atoms with Gasteiger partial charge < -0.3 is 9.84 Å². The second-order valence-corrected chi connectivity index (χ2v) is 4.86. The maximum absolute atomic E-state index is 13.6. The topological polar surface area (TPSA) is 29.5 Å². The lowest BCUT2D eigenvalue weighted by Gasteiger charge is -2.36. The summed E-state index contributed by atoms with van der Waals surface area (Å²) in [5.41, 5.74) is -1.64. The number of aliphatic hydroxyl groups is 1. The van der Waals surface area contributed by atoms with E-state index >= 15 is 0 Å². The summed E-state index contributed by atoms with van der Waals surface area (Å²) in [5.74, 6) is -5.28. The van der Waals surface area contributed by atoms with Gasteiger partial charge in [0.05, 0.1) is 12.7 Å². The van der Waals surface area contributed by atoms with Gasteiger partial charge in [-0.25, -0.2) is 17.6 Å². The second-order valence-electron chi connectivity index (χ2n) is 4.86. The molecule has 0 spiro atoms. The average molecular weight is 278 g/mol. The molecule has 6 heteroatoms. The van der Waals surface area contributed by atoms with Crippen LogP contribution in [0.5, 0.6) is 5.75 Å². The first-order chi connectivity index (χ1) is 8.77. The minimum absolute atomic E-state index is 0.0289. The summed E-state index contributed by atoms with van der Waals surface area (Å²) >= 11 is 0. The summed E-state index contributed by atoms with van der Waals surface area (Å²) in [6.07, 6.45) is -1.46. The molecule has 1 fully saturated rings. The minimum Gasteiger partial charge on any atom is -0.491 e. The molecule has 2 nitrogen and oxygen atoms in total. The molecule has 0 amide bonds. The largest absolute Gasteiger partial charge is 0.491 e. The lowest BCUT2D eigenvalue weighted by atomic mass is 9.78. The van der Waals surface area contributed by atoms with Crippen LogP contribution in [0.4, 0.5) is 17.6 Å². The van der Waals surface area contributed by atoms with Gasteiger partial charge >= 0.3 is 0 Å². The number of rotatable bonds is 2. The van der Waals surface area contributed by atoms with Crippen LogP contribution in [0.1, 0.15) is 31.2 Å². The number of hydrogen-bond donors (Lipinski definition) is 1. The molecular formula is C13H14F4O2. The van der Waals surface area contributed by atoms with Crippen LogP contribution < -0.4 is 4.74 Å². The van der Waals surface area contributed by atoms with Gasteiger partial charge in [0, 0.05) is 12.8 Å². The summed E-state index contributed by atoms with van der Waals surface area (Å²) in [6, 6.07) is 1.87. The highest BCUT2D eigenvalue weighted by Gasteiger charge is 2.43. The van der Waals surface area contributed by atoms with Gasteiger partial charge in [-0.2, -0.15) is 0 Å². The van der Waals surface area contributed by atoms with Crippen LogP contribution in [0.15, 0.2) is 12.1 Å². The molecule has 0 radical (unpaired) electrons. The first-order valence-corrected chi connectivity index (χ1v) is 5.91. The van der Waals surface area contributed by atoms with Crippen LogP contribution in [-0.2, 0) is 5.60 Å². The van der Waals surface area contributed by atoms with Crippen molar-refractivity contribution < 1.29 is 27.4 Å². The highest BCUT2D eigenvalue weighted by Crippen LogP contribution is 2.44. The third-order valence-electron chi connectivity index (χ3n) is 3.55. The van der Waals surface area contributed by atoms with Crippen LogP contribution in [0.25, 0.3) is 0 Å². The Balaban J connectivity index is 2.32. The van der Waals surface area contributed by atoms with Crippen molar-refractivity contribution in [3.8, 4) is 5.75 Å². The Bertz CT molecular complexity index is 455. The van der Waals surface area contributed by atoms with Crippen molar-refractivity contribution in [1.82, 2.24) is 0 Å². The van der Waals surface area contributed by atoms with Gasteiger partial charge in [-0.05, 0) is 30.5 Å². The third-order valence-corrected chi connectivity index (χ3v) is 3.55. The van der Waals surface area contributed by atoms with E-state index in [0.717, 1.165) is 19.2 Å². The molecule has 0 aliphatic heterocycles. The fourth-order valence-corrected chi connectivity index (χ4v) is 2.34. The molecule has 0 aromatic heterocycles. The van der Waals surface area contributed by atoms with E-state index in [1.165, 1.54) is 0 Å². The summed E-state index contributed by atoms with van der Waals surface area (Å²) in [5, 5.41) is 10.3. The summed E-state index contributed by atoms with van der Waals surface area (Å²) < 4.78 is 57.8. The molecule has 106 valence electrons. The number of hydrogen-bond acceptors (Lipinski definition) is 2. The Morgan fingerprint density at radius 1 is 1.05 bits per heavy atom. The summed E-state index contributed by atoms with van der Waals surface area (Å²) in [4.78, 5) is 0. The molecule has 2 rings (SSSR count). The molecule has 1 aliphatic carbocycles. The molecule has 1 N–H and O–H groups in total. The van der Waals surface area contributed by atoms with E-state index in [4.69, 9.17) is 0 Å². The number of benzene rings is 1. The quantitative estimate of drug-likeness (QED) is 0.840. The Kier molecular flexibility index (Phi) is 3.47. The monoisotopic (exact) mass is 278 g/mol. The normalized spacial score (nSPS) is 21.2. The van der Waals surface area contributed by atoms with Crippen molar-refractivity contribution >= 4 is 0 Å². The Morgan fingerprint density at radius 2 is 1.53 bits per heavy atom. The molecule has 0 unspecified atom stereocenters. The van der Waals surface area contributed by atoms with Crippen molar-refractivity contribution in [2.75, 3.05) is 7.11 Å². The van der Waals surface area contributed by atoms with E-state index < -0.39 is 41.7 Å². The van der Waals surface area contributed by atoms with Crippen LogP contribution in [-0.4, -0.2) is 18.1 Å². The van der Waals surface area contributed by atoms with E-state index in [9.17, 15) is 22.7 Å². The van der Waals surface area contributed by atoms with Crippen LogP contribution in [0.3, 0.4) is 0 Å². The van der Waals surface area contributed by atoms with Gasteiger partial charge in [-0.15, -0.1) is 0 Å². The molecule has 0 bridgehead atoms. The average Bonchev–Trinajstić information content (AvgIpc) is 2.33.